The number of hydrogen-bond donors (Lipinski definition) is 1. The number of halogens is 2. The van der Waals surface area contributed by atoms with Gasteiger partial charge in [0.25, 0.3) is 5.92 Å². The van der Waals surface area contributed by atoms with Gasteiger partial charge in [0.1, 0.15) is 18.1 Å². The first kappa shape index (κ1) is 17.0. The molecule has 25 heavy (non-hydrogen) atoms. The number of nitrogens with zero attached hydrogens (tertiary/aromatic N) is 4. The van der Waals surface area contributed by atoms with Crippen molar-refractivity contribution in [2.75, 3.05) is 13.1 Å². The van der Waals surface area contributed by atoms with Crippen LogP contribution in [0.1, 0.15) is 6.42 Å². The van der Waals surface area contributed by atoms with Crippen LogP contribution in [0.3, 0.4) is 0 Å². The van der Waals surface area contributed by atoms with Crippen LogP contribution in [0.2, 0.25) is 0 Å². The number of piperidine rings is 1. The lowest BCUT2D eigenvalue weighted by Gasteiger charge is -2.38. The highest BCUT2D eigenvalue weighted by Crippen LogP contribution is 2.28. The Bertz CT molecular complexity index is 820. The molecule has 1 N–H and O–H groups in total. The van der Waals surface area contributed by atoms with Gasteiger partial charge in [0.2, 0.25) is 11.8 Å². The molecule has 1 aromatic carbocycles. The van der Waals surface area contributed by atoms with Gasteiger partial charge < -0.3 is 10.2 Å². The zero-order valence-electron chi connectivity index (χ0n) is 13.4. The summed E-state index contributed by atoms with van der Waals surface area (Å²) in [5.74, 6) is -4.14. The first-order chi connectivity index (χ1) is 11.9. The van der Waals surface area contributed by atoms with Crippen molar-refractivity contribution in [1.82, 2.24) is 25.2 Å². The summed E-state index contributed by atoms with van der Waals surface area (Å²) >= 11 is 0. The number of rotatable bonds is 4. The third kappa shape index (κ3) is 3.49. The summed E-state index contributed by atoms with van der Waals surface area (Å²) < 4.78 is 29.5. The van der Waals surface area contributed by atoms with Gasteiger partial charge in [-0.3, -0.25) is 9.59 Å². The molecule has 0 aliphatic carbocycles. The van der Waals surface area contributed by atoms with E-state index in [1.807, 2.05) is 0 Å². The fourth-order valence-electron chi connectivity index (χ4n) is 2.79. The summed E-state index contributed by atoms with van der Waals surface area (Å²) in [7, 11) is 0. The number of fused-ring (bicyclic) bond motifs is 1. The van der Waals surface area contributed by atoms with Gasteiger partial charge in [-0.2, -0.15) is 0 Å². The van der Waals surface area contributed by atoms with Crippen LogP contribution in [-0.2, 0) is 16.1 Å². The Labute approximate surface area is 142 Å². The second-order valence-corrected chi connectivity index (χ2v) is 5.86. The SMILES string of the molecule is C=CC(=O)N1CCC(F)(F)[C@H](NC(=O)Cn2nnc3ccccc32)C1. The molecule has 1 aromatic heterocycles. The maximum Gasteiger partial charge on any atom is 0.271 e. The summed E-state index contributed by atoms with van der Waals surface area (Å²) in [6.07, 6.45) is 0.563. The van der Waals surface area contributed by atoms with Crippen LogP contribution < -0.4 is 5.32 Å². The topological polar surface area (TPSA) is 80.1 Å². The third-order valence-electron chi connectivity index (χ3n) is 4.16. The molecule has 1 atom stereocenters. The van der Waals surface area contributed by atoms with Crippen molar-refractivity contribution in [3.8, 4) is 0 Å². The van der Waals surface area contributed by atoms with E-state index in [4.69, 9.17) is 0 Å². The minimum absolute atomic E-state index is 0.0715. The first-order valence-corrected chi connectivity index (χ1v) is 7.77. The van der Waals surface area contributed by atoms with Crippen molar-refractivity contribution in [1.29, 1.82) is 0 Å². The molecular weight excluding hydrogens is 332 g/mol. The van der Waals surface area contributed by atoms with Crippen molar-refractivity contribution >= 4 is 22.8 Å². The Morgan fingerprint density at radius 3 is 2.92 bits per heavy atom. The fraction of sp³-hybridized carbons (Fsp3) is 0.375. The zero-order chi connectivity index (χ0) is 18.0. The zero-order valence-corrected chi connectivity index (χ0v) is 13.4. The van der Waals surface area contributed by atoms with E-state index < -0.39 is 30.2 Å². The molecule has 132 valence electrons. The molecule has 3 rings (SSSR count). The van der Waals surface area contributed by atoms with Crippen molar-refractivity contribution in [2.45, 2.75) is 24.9 Å². The van der Waals surface area contributed by atoms with E-state index in [1.54, 1.807) is 24.3 Å². The number of likely N-dealkylation sites (tertiary alicyclic amines) is 1. The molecule has 2 aromatic rings. The molecule has 1 saturated heterocycles. The van der Waals surface area contributed by atoms with Crippen molar-refractivity contribution in [2.24, 2.45) is 0 Å². The van der Waals surface area contributed by atoms with E-state index in [0.717, 1.165) is 6.08 Å². The summed E-state index contributed by atoms with van der Waals surface area (Å²) in [5, 5.41) is 10.1. The van der Waals surface area contributed by atoms with E-state index >= 15 is 0 Å². The molecule has 2 heterocycles. The van der Waals surface area contributed by atoms with Gasteiger partial charge in [-0.05, 0) is 18.2 Å². The third-order valence-corrected chi connectivity index (χ3v) is 4.16. The Hall–Kier alpha value is -2.84. The van der Waals surface area contributed by atoms with Gasteiger partial charge in [0, 0.05) is 19.5 Å². The van der Waals surface area contributed by atoms with Crippen LogP contribution >= 0.6 is 0 Å². The molecule has 1 aliphatic rings. The molecule has 7 nitrogen and oxygen atoms in total. The molecule has 9 heteroatoms. The highest BCUT2D eigenvalue weighted by Gasteiger charge is 2.45. The van der Waals surface area contributed by atoms with Gasteiger partial charge in [-0.15, -0.1) is 5.10 Å². The number of alkyl halides is 2. The number of carbonyl (C=O) groups is 2. The molecule has 0 saturated carbocycles. The smallest absolute Gasteiger partial charge is 0.271 e. The van der Waals surface area contributed by atoms with E-state index in [2.05, 4.69) is 22.2 Å². The highest BCUT2D eigenvalue weighted by molar-refractivity contribution is 5.87. The highest BCUT2D eigenvalue weighted by atomic mass is 19.3. The summed E-state index contributed by atoms with van der Waals surface area (Å²) in [4.78, 5) is 25.1. The Kier molecular flexibility index (Phi) is 4.47. The second-order valence-electron chi connectivity index (χ2n) is 5.86. The standard InChI is InChI=1S/C16H17F2N5O2/c1-2-15(25)22-8-7-16(17,18)13(9-22)19-14(24)10-23-12-6-4-3-5-11(12)20-21-23/h2-6,13H,1,7-10H2,(H,19,24)/t13-/m1/s1. The van der Waals surface area contributed by atoms with E-state index in [0.29, 0.717) is 11.0 Å². The van der Waals surface area contributed by atoms with Gasteiger partial charge >= 0.3 is 0 Å². The lowest BCUT2D eigenvalue weighted by Crippen LogP contribution is -2.59. The van der Waals surface area contributed by atoms with Crippen LogP contribution in [0.25, 0.3) is 11.0 Å². The largest absolute Gasteiger partial charge is 0.344 e. The predicted octanol–water partition coefficient (Wildman–Crippen LogP) is 0.970. The monoisotopic (exact) mass is 349 g/mol. The fourth-order valence-corrected chi connectivity index (χ4v) is 2.79. The number of amides is 2. The van der Waals surface area contributed by atoms with Gasteiger partial charge in [-0.1, -0.05) is 23.9 Å². The number of para-hydroxylation sites is 1. The average molecular weight is 349 g/mol. The molecule has 1 aliphatic heterocycles. The Morgan fingerprint density at radius 2 is 2.16 bits per heavy atom. The van der Waals surface area contributed by atoms with E-state index in [9.17, 15) is 18.4 Å². The molecule has 1 fully saturated rings. The quantitative estimate of drug-likeness (QED) is 0.834. The maximum atomic E-state index is 14.1. The molecule has 0 spiro atoms. The van der Waals surface area contributed by atoms with Crippen LogP contribution in [-0.4, -0.2) is 56.8 Å². The normalized spacial score (nSPS) is 19.6. The van der Waals surface area contributed by atoms with Gasteiger partial charge in [0.05, 0.1) is 5.52 Å². The van der Waals surface area contributed by atoms with Crippen LogP contribution in [0.4, 0.5) is 8.78 Å². The van der Waals surface area contributed by atoms with Crippen molar-refractivity contribution < 1.29 is 18.4 Å². The number of hydrogen-bond acceptors (Lipinski definition) is 4. The summed E-state index contributed by atoms with van der Waals surface area (Å²) in [6.45, 7) is 2.79. The summed E-state index contributed by atoms with van der Waals surface area (Å²) in [6, 6.07) is 5.59. The number of nitrogens with one attached hydrogen (secondary N) is 1. The van der Waals surface area contributed by atoms with Gasteiger partial charge in [-0.25, -0.2) is 13.5 Å². The Morgan fingerprint density at radius 1 is 1.40 bits per heavy atom. The van der Waals surface area contributed by atoms with E-state index in [-0.39, 0.29) is 19.6 Å². The van der Waals surface area contributed by atoms with Crippen molar-refractivity contribution in [3.05, 3.63) is 36.9 Å². The van der Waals surface area contributed by atoms with Crippen molar-refractivity contribution in [3.63, 3.8) is 0 Å². The molecule has 0 radical (unpaired) electrons. The molecule has 2 amide bonds. The average Bonchev–Trinajstić information content (AvgIpc) is 2.99. The minimum atomic E-state index is -3.09. The first-order valence-electron chi connectivity index (χ1n) is 7.77. The number of carbonyl (C=O) groups excluding carboxylic acids is 2. The Balaban J connectivity index is 1.70. The lowest BCUT2D eigenvalue weighted by molar-refractivity contribution is -0.141. The minimum Gasteiger partial charge on any atom is -0.344 e. The van der Waals surface area contributed by atoms with E-state index in [1.165, 1.54) is 9.58 Å². The van der Waals surface area contributed by atoms with Crippen LogP contribution in [0, 0.1) is 0 Å². The molecule has 0 unspecified atom stereocenters. The lowest BCUT2D eigenvalue weighted by atomic mass is 10.0. The van der Waals surface area contributed by atoms with Crippen LogP contribution in [0.5, 0.6) is 0 Å². The predicted molar refractivity (Wildman–Crippen MR) is 85.8 cm³/mol. The number of aromatic nitrogens is 3. The molecular formula is C16H17F2N5O2. The molecule has 0 bridgehead atoms. The van der Waals surface area contributed by atoms with Gasteiger partial charge in [0.15, 0.2) is 0 Å². The maximum absolute atomic E-state index is 14.1. The summed E-state index contributed by atoms with van der Waals surface area (Å²) in [5.41, 5.74) is 1.25. The number of benzene rings is 1. The van der Waals surface area contributed by atoms with Crippen LogP contribution in [0.15, 0.2) is 36.9 Å². The second kappa shape index (κ2) is 6.58.